The molecule has 0 saturated heterocycles. The Morgan fingerprint density at radius 2 is 1.77 bits per heavy atom. The molecular formula is C29H37N5O5. The van der Waals surface area contributed by atoms with E-state index in [0.717, 1.165) is 49.4 Å². The van der Waals surface area contributed by atoms with E-state index in [2.05, 4.69) is 5.32 Å². The molecule has 1 N–H and O–H groups in total. The largest absolute Gasteiger partial charge is 0.496 e. The minimum Gasteiger partial charge on any atom is -0.496 e. The van der Waals surface area contributed by atoms with Crippen molar-refractivity contribution >= 4 is 28.6 Å². The van der Waals surface area contributed by atoms with Crippen LogP contribution < -0.4 is 15.6 Å². The second-order valence-electron chi connectivity index (χ2n) is 11.6. The number of hydrogen-bond acceptors (Lipinski definition) is 6. The lowest BCUT2D eigenvalue weighted by molar-refractivity contribution is 0.0173. The van der Waals surface area contributed by atoms with Gasteiger partial charge in [0, 0.05) is 43.0 Å². The SMILES string of the molecule is COc1cc2nn(C3CCC(N(C)C(=O)OC(C)(C)C)CC3)cc2cc1C(=O)Nc1cccn(C2CC2)c1=O. The van der Waals surface area contributed by atoms with E-state index in [0.29, 0.717) is 11.3 Å². The van der Waals surface area contributed by atoms with E-state index in [4.69, 9.17) is 14.6 Å². The van der Waals surface area contributed by atoms with E-state index in [-0.39, 0.29) is 35.5 Å². The van der Waals surface area contributed by atoms with Crippen LogP contribution in [0.1, 0.15) is 81.7 Å². The second-order valence-corrected chi connectivity index (χ2v) is 11.6. The summed E-state index contributed by atoms with van der Waals surface area (Å²) in [5.74, 6) is -0.00997. The van der Waals surface area contributed by atoms with Crippen molar-refractivity contribution < 1.29 is 19.1 Å². The van der Waals surface area contributed by atoms with E-state index >= 15 is 0 Å². The maximum Gasteiger partial charge on any atom is 0.410 e. The molecular weight excluding hydrogens is 498 g/mol. The molecule has 0 radical (unpaired) electrons. The van der Waals surface area contributed by atoms with E-state index < -0.39 is 11.5 Å². The van der Waals surface area contributed by atoms with E-state index in [1.807, 2.05) is 31.6 Å². The van der Waals surface area contributed by atoms with Crippen molar-refractivity contribution in [1.82, 2.24) is 19.2 Å². The molecule has 0 bridgehead atoms. The van der Waals surface area contributed by atoms with Crippen LogP contribution in [-0.4, -0.2) is 57.0 Å². The molecule has 10 nitrogen and oxygen atoms in total. The number of nitrogens with zero attached hydrogens (tertiary/aromatic N) is 4. The van der Waals surface area contributed by atoms with Gasteiger partial charge >= 0.3 is 6.09 Å². The topological polar surface area (TPSA) is 108 Å². The summed E-state index contributed by atoms with van der Waals surface area (Å²) in [5.41, 5.74) is 0.598. The fourth-order valence-corrected chi connectivity index (χ4v) is 5.23. The van der Waals surface area contributed by atoms with Crippen LogP contribution in [0.5, 0.6) is 5.75 Å². The lowest BCUT2D eigenvalue weighted by atomic mass is 9.90. The van der Waals surface area contributed by atoms with Crippen LogP contribution >= 0.6 is 0 Å². The molecule has 0 atom stereocenters. The van der Waals surface area contributed by atoms with Crippen LogP contribution in [0.2, 0.25) is 0 Å². The van der Waals surface area contributed by atoms with Gasteiger partial charge in [-0.05, 0) is 77.5 Å². The van der Waals surface area contributed by atoms with Crippen LogP contribution in [0.4, 0.5) is 10.5 Å². The van der Waals surface area contributed by atoms with Gasteiger partial charge in [-0.2, -0.15) is 5.10 Å². The minimum absolute atomic E-state index is 0.124. The van der Waals surface area contributed by atoms with E-state index in [1.54, 1.807) is 47.0 Å². The van der Waals surface area contributed by atoms with Crippen LogP contribution in [0.3, 0.4) is 0 Å². The summed E-state index contributed by atoms with van der Waals surface area (Å²) < 4.78 is 14.7. The fourth-order valence-electron chi connectivity index (χ4n) is 5.23. The average molecular weight is 536 g/mol. The summed E-state index contributed by atoms with van der Waals surface area (Å²) in [7, 11) is 3.32. The first-order valence-electron chi connectivity index (χ1n) is 13.6. The van der Waals surface area contributed by atoms with Crippen LogP contribution in [-0.2, 0) is 4.74 Å². The second kappa shape index (κ2) is 10.4. The molecule has 2 fully saturated rings. The van der Waals surface area contributed by atoms with Gasteiger partial charge < -0.3 is 24.3 Å². The number of anilines is 1. The fraction of sp³-hybridized carbons (Fsp3) is 0.517. The third kappa shape index (κ3) is 5.79. The maximum absolute atomic E-state index is 13.2. The molecule has 5 rings (SSSR count). The third-order valence-electron chi connectivity index (χ3n) is 7.52. The van der Waals surface area contributed by atoms with Gasteiger partial charge in [0.1, 0.15) is 17.0 Å². The number of rotatable bonds is 6. The number of fused-ring (bicyclic) bond motifs is 1. The zero-order chi connectivity index (χ0) is 27.9. The summed E-state index contributed by atoms with van der Waals surface area (Å²) >= 11 is 0. The summed E-state index contributed by atoms with van der Waals surface area (Å²) in [6, 6.07) is 7.46. The standard InChI is InChI=1S/C29H37N5O5/c1-29(2,3)39-28(37)32(4)19-8-12-21(13-9-19)34-17-18-15-22(25(38-5)16-24(18)31-34)26(35)30-23-7-6-14-33(27(23)36)20-10-11-20/h6-7,14-17,19-21H,8-13H2,1-5H3,(H,30,35). The Balaban J connectivity index is 1.30. The molecule has 2 amide bonds. The molecule has 2 aromatic heterocycles. The summed E-state index contributed by atoms with van der Waals surface area (Å²) in [6.07, 6.45) is 8.83. The van der Waals surface area contributed by atoms with Gasteiger partial charge in [0.05, 0.1) is 24.2 Å². The van der Waals surface area contributed by atoms with Crippen molar-refractivity contribution in [3.63, 3.8) is 0 Å². The maximum atomic E-state index is 13.2. The van der Waals surface area contributed by atoms with Crippen molar-refractivity contribution in [2.45, 2.75) is 83.0 Å². The number of ether oxygens (including phenoxy) is 2. The Morgan fingerprint density at radius 3 is 2.41 bits per heavy atom. The number of methoxy groups -OCH3 is 1. The number of benzene rings is 1. The first-order chi connectivity index (χ1) is 18.5. The average Bonchev–Trinajstić information content (AvgIpc) is 3.66. The molecule has 0 spiro atoms. The van der Waals surface area contributed by atoms with Gasteiger partial charge in [0.25, 0.3) is 11.5 Å². The highest BCUT2D eigenvalue weighted by Crippen LogP contribution is 2.34. The lowest BCUT2D eigenvalue weighted by Crippen LogP contribution is -2.42. The molecule has 0 aliphatic heterocycles. The minimum atomic E-state index is -0.522. The van der Waals surface area contributed by atoms with Crippen LogP contribution in [0.25, 0.3) is 10.9 Å². The molecule has 3 aromatic rings. The number of pyridine rings is 1. The third-order valence-corrected chi connectivity index (χ3v) is 7.52. The summed E-state index contributed by atoms with van der Waals surface area (Å²) in [5, 5.41) is 8.37. The Labute approximate surface area is 227 Å². The Bertz CT molecular complexity index is 1440. The number of aromatic nitrogens is 3. The van der Waals surface area contributed by atoms with Crippen LogP contribution in [0, 0.1) is 0 Å². The number of nitrogens with one attached hydrogen (secondary N) is 1. The first kappa shape index (κ1) is 26.8. The molecule has 2 aliphatic carbocycles. The normalized spacial score (nSPS) is 19.5. The molecule has 2 saturated carbocycles. The molecule has 2 aliphatic rings. The van der Waals surface area contributed by atoms with Gasteiger partial charge in [0.15, 0.2) is 0 Å². The Kier molecular flexibility index (Phi) is 7.13. The number of hydrogen-bond donors (Lipinski definition) is 1. The zero-order valence-corrected chi connectivity index (χ0v) is 23.3. The molecule has 0 unspecified atom stereocenters. The van der Waals surface area contributed by atoms with Gasteiger partial charge in [-0.1, -0.05) is 0 Å². The highest BCUT2D eigenvalue weighted by molar-refractivity contribution is 6.08. The summed E-state index contributed by atoms with van der Waals surface area (Å²) in [4.78, 5) is 40.2. The molecule has 39 heavy (non-hydrogen) atoms. The highest BCUT2D eigenvalue weighted by Gasteiger charge is 2.30. The Morgan fingerprint density at radius 1 is 1.08 bits per heavy atom. The van der Waals surface area contributed by atoms with E-state index in [1.165, 1.54) is 7.11 Å². The molecule has 2 heterocycles. The molecule has 10 heteroatoms. The predicted octanol–water partition coefficient (Wildman–Crippen LogP) is 5.14. The lowest BCUT2D eigenvalue weighted by Gasteiger charge is -2.35. The first-order valence-corrected chi connectivity index (χ1v) is 13.6. The van der Waals surface area contributed by atoms with Crippen molar-refractivity contribution in [3.05, 3.63) is 52.6 Å². The highest BCUT2D eigenvalue weighted by atomic mass is 16.6. The smallest absolute Gasteiger partial charge is 0.410 e. The van der Waals surface area contributed by atoms with Gasteiger partial charge in [0.2, 0.25) is 0 Å². The monoisotopic (exact) mass is 535 g/mol. The summed E-state index contributed by atoms with van der Waals surface area (Å²) in [6.45, 7) is 5.61. The number of carbonyl (C=O) groups excluding carboxylic acids is 2. The molecule has 1 aromatic carbocycles. The van der Waals surface area contributed by atoms with Gasteiger partial charge in [-0.3, -0.25) is 14.3 Å². The number of carbonyl (C=O) groups is 2. The predicted molar refractivity (Wildman–Crippen MR) is 149 cm³/mol. The quantitative estimate of drug-likeness (QED) is 0.468. The van der Waals surface area contributed by atoms with Crippen molar-refractivity contribution in [2.75, 3.05) is 19.5 Å². The Hall–Kier alpha value is -3.82. The van der Waals surface area contributed by atoms with Crippen LogP contribution in [0.15, 0.2) is 41.5 Å². The molecule has 208 valence electrons. The van der Waals surface area contributed by atoms with E-state index in [9.17, 15) is 14.4 Å². The zero-order valence-electron chi connectivity index (χ0n) is 23.3. The van der Waals surface area contributed by atoms with Crippen molar-refractivity contribution in [2.24, 2.45) is 0 Å². The van der Waals surface area contributed by atoms with Gasteiger partial charge in [-0.25, -0.2) is 4.79 Å². The number of amides is 2. The van der Waals surface area contributed by atoms with Crippen molar-refractivity contribution in [1.29, 1.82) is 0 Å². The van der Waals surface area contributed by atoms with Crippen molar-refractivity contribution in [3.8, 4) is 5.75 Å². The van der Waals surface area contributed by atoms with Gasteiger partial charge in [-0.15, -0.1) is 0 Å².